The molecule has 5 heteroatoms. The van der Waals surface area contributed by atoms with Gasteiger partial charge in [0.05, 0.1) is 19.1 Å². The van der Waals surface area contributed by atoms with Crippen molar-refractivity contribution in [1.82, 2.24) is 10.2 Å². The molecule has 1 amide bonds. The Bertz CT molecular complexity index is 1030. The van der Waals surface area contributed by atoms with Gasteiger partial charge < -0.3 is 14.8 Å². The van der Waals surface area contributed by atoms with Crippen molar-refractivity contribution in [2.24, 2.45) is 0 Å². The highest BCUT2D eigenvalue weighted by atomic mass is 16.5. The molecule has 2 aliphatic rings. The maximum Gasteiger partial charge on any atom is 0.232 e. The van der Waals surface area contributed by atoms with Crippen LogP contribution in [-0.2, 0) is 22.6 Å². The molecule has 1 fully saturated rings. The van der Waals surface area contributed by atoms with Gasteiger partial charge in [0, 0.05) is 37.3 Å². The van der Waals surface area contributed by atoms with Gasteiger partial charge in [-0.05, 0) is 23.3 Å². The molecule has 3 aromatic rings. The average molecular weight is 415 g/mol. The number of benzene rings is 3. The van der Waals surface area contributed by atoms with Gasteiger partial charge in [-0.1, -0.05) is 60.7 Å². The SMILES string of the molecule is O=C(NCc1ccccc1CN1CCOCC1)C1c2ccccc2Oc2ccccc21. The largest absolute Gasteiger partial charge is 0.457 e. The first-order valence-corrected chi connectivity index (χ1v) is 10.8. The second-order valence-corrected chi connectivity index (χ2v) is 7.99. The average Bonchev–Trinajstić information content (AvgIpc) is 2.82. The molecule has 2 aliphatic heterocycles. The Labute approximate surface area is 182 Å². The summed E-state index contributed by atoms with van der Waals surface area (Å²) in [4.78, 5) is 15.8. The number of carbonyl (C=O) groups is 1. The van der Waals surface area contributed by atoms with Crippen LogP contribution in [0.15, 0.2) is 72.8 Å². The number of nitrogens with zero attached hydrogens (tertiary/aromatic N) is 1. The van der Waals surface area contributed by atoms with Crippen LogP contribution in [-0.4, -0.2) is 37.1 Å². The number of hydrogen-bond acceptors (Lipinski definition) is 4. The fraction of sp³-hybridized carbons (Fsp3) is 0.269. The van der Waals surface area contributed by atoms with Crippen LogP contribution >= 0.6 is 0 Å². The molecular weight excluding hydrogens is 388 g/mol. The van der Waals surface area contributed by atoms with E-state index >= 15 is 0 Å². The normalized spacial score (nSPS) is 16.1. The minimum Gasteiger partial charge on any atom is -0.457 e. The number of rotatable bonds is 5. The van der Waals surface area contributed by atoms with Crippen molar-refractivity contribution >= 4 is 5.91 Å². The van der Waals surface area contributed by atoms with Crippen molar-refractivity contribution < 1.29 is 14.3 Å². The number of fused-ring (bicyclic) bond motifs is 2. The van der Waals surface area contributed by atoms with Crippen LogP contribution in [0.4, 0.5) is 0 Å². The maximum atomic E-state index is 13.4. The lowest BCUT2D eigenvalue weighted by Crippen LogP contribution is -2.36. The van der Waals surface area contributed by atoms with Crippen molar-refractivity contribution in [2.75, 3.05) is 26.3 Å². The summed E-state index contributed by atoms with van der Waals surface area (Å²) in [6, 6.07) is 23.9. The van der Waals surface area contributed by atoms with Gasteiger partial charge in [0.15, 0.2) is 0 Å². The second kappa shape index (κ2) is 8.92. The molecule has 31 heavy (non-hydrogen) atoms. The van der Waals surface area contributed by atoms with E-state index in [1.54, 1.807) is 0 Å². The second-order valence-electron chi connectivity index (χ2n) is 7.99. The predicted octanol–water partition coefficient (Wildman–Crippen LogP) is 4.07. The molecule has 0 spiro atoms. The summed E-state index contributed by atoms with van der Waals surface area (Å²) in [5.74, 6) is 1.10. The Hall–Kier alpha value is -3.15. The van der Waals surface area contributed by atoms with Crippen LogP contribution in [0.5, 0.6) is 11.5 Å². The van der Waals surface area contributed by atoms with Crippen LogP contribution in [0.2, 0.25) is 0 Å². The summed E-state index contributed by atoms with van der Waals surface area (Å²) in [5, 5.41) is 3.19. The number of morpholine rings is 1. The monoisotopic (exact) mass is 414 g/mol. The van der Waals surface area contributed by atoms with Gasteiger partial charge >= 0.3 is 0 Å². The van der Waals surface area contributed by atoms with Crippen LogP contribution in [0.25, 0.3) is 0 Å². The van der Waals surface area contributed by atoms with Crippen molar-refractivity contribution in [1.29, 1.82) is 0 Å². The number of amides is 1. The summed E-state index contributed by atoms with van der Waals surface area (Å²) in [6.07, 6.45) is 0. The summed E-state index contributed by atoms with van der Waals surface area (Å²) < 4.78 is 11.5. The quantitative estimate of drug-likeness (QED) is 0.684. The Morgan fingerprint density at radius 2 is 1.42 bits per heavy atom. The fourth-order valence-electron chi connectivity index (χ4n) is 4.36. The highest BCUT2D eigenvalue weighted by Gasteiger charge is 2.32. The third-order valence-electron chi connectivity index (χ3n) is 6.01. The van der Waals surface area contributed by atoms with Gasteiger partial charge in [0.1, 0.15) is 11.5 Å². The van der Waals surface area contributed by atoms with E-state index in [0.717, 1.165) is 61.0 Å². The number of carbonyl (C=O) groups excluding carboxylic acids is 1. The molecule has 0 radical (unpaired) electrons. The zero-order chi connectivity index (χ0) is 21.0. The molecule has 0 aromatic heterocycles. The molecule has 1 N–H and O–H groups in total. The standard InChI is InChI=1S/C26H26N2O3/c29-26(25-21-9-3-5-11-23(21)31-24-12-6-4-10-22(24)25)27-17-19-7-1-2-8-20(19)18-28-13-15-30-16-14-28/h1-12,25H,13-18H2,(H,27,29). The van der Waals surface area contributed by atoms with Crippen LogP contribution < -0.4 is 10.1 Å². The number of nitrogens with one attached hydrogen (secondary N) is 1. The fourth-order valence-corrected chi connectivity index (χ4v) is 4.36. The van der Waals surface area contributed by atoms with E-state index < -0.39 is 0 Å². The third kappa shape index (κ3) is 4.20. The Morgan fingerprint density at radius 3 is 2.10 bits per heavy atom. The smallest absolute Gasteiger partial charge is 0.232 e. The van der Waals surface area contributed by atoms with Crippen LogP contribution in [0.1, 0.15) is 28.2 Å². The van der Waals surface area contributed by atoms with E-state index in [4.69, 9.17) is 9.47 Å². The lowest BCUT2D eigenvalue weighted by Gasteiger charge is -2.28. The molecule has 0 bridgehead atoms. The molecule has 158 valence electrons. The lowest BCUT2D eigenvalue weighted by molar-refractivity contribution is -0.122. The molecule has 0 aliphatic carbocycles. The topological polar surface area (TPSA) is 50.8 Å². The summed E-state index contributed by atoms with van der Waals surface area (Å²) in [7, 11) is 0. The summed E-state index contributed by atoms with van der Waals surface area (Å²) >= 11 is 0. The molecule has 2 heterocycles. The molecule has 3 aromatic carbocycles. The predicted molar refractivity (Wildman–Crippen MR) is 119 cm³/mol. The first kappa shape index (κ1) is 19.8. The molecule has 5 nitrogen and oxygen atoms in total. The third-order valence-corrected chi connectivity index (χ3v) is 6.01. The van der Waals surface area contributed by atoms with E-state index in [2.05, 4.69) is 28.4 Å². The zero-order valence-corrected chi connectivity index (χ0v) is 17.4. The number of ether oxygens (including phenoxy) is 2. The first-order valence-electron chi connectivity index (χ1n) is 10.8. The van der Waals surface area contributed by atoms with E-state index in [1.807, 2.05) is 54.6 Å². The van der Waals surface area contributed by atoms with Crippen LogP contribution in [0, 0.1) is 0 Å². The van der Waals surface area contributed by atoms with Gasteiger partial charge in [-0.2, -0.15) is 0 Å². The van der Waals surface area contributed by atoms with Gasteiger partial charge in [0.25, 0.3) is 0 Å². The minimum absolute atomic E-state index is 0.00984. The van der Waals surface area contributed by atoms with E-state index in [9.17, 15) is 4.79 Å². The highest BCUT2D eigenvalue weighted by Crippen LogP contribution is 2.43. The van der Waals surface area contributed by atoms with Crippen molar-refractivity contribution in [3.05, 3.63) is 95.1 Å². The number of para-hydroxylation sites is 2. The highest BCUT2D eigenvalue weighted by molar-refractivity contribution is 5.89. The van der Waals surface area contributed by atoms with E-state index in [0.29, 0.717) is 6.54 Å². The van der Waals surface area contributed by atoms with E-state index in [1.165, 1.54) is 5.56 Å². The maximum absolute atomic E-state index is 13.4. The molecule has 1 saturated heterocycles. The minimum atomic E-state index is -0.382. The zero-order valence-electron chi connectivity index (χ0n) is 17.4. The van der Waals surface area contributed by atoms with Crippen molar-refractivity contribution in [3.8, 4) is 11.5 Å². The molecular formula is C26H26N2O3. The Morgan fingerprint density at radius 1 is 0.839 bits per heavy atom. The molecule has 0 atom stereocenters. The van der Waals surface area contributed by atoms with Crippen LogP contribution in [0.3, 0.4) is 0 Å². The number of hydrogen-bond donors (Lipinski definition) is 1. The van der Waals surface area contributed by atoms with Gasteiger partial charge in [0.2, 0.25) is 5.91 Å². The lowest BCUT2D eigenvalue weighted by atomic mass is 9.87. The van der Waals surface area contributed by atoms with Gasteiger partial charge in [-0.15, -0.1) is 0 Å². The molecule has 0 saturated carbocycles. The van der Waals surface area contributed by atoms with Crippen molar-refractivity contribution in [3.63, 3.8) is 0 Å². The van der Waals surface area contributed by atoms with Gasteiger partial charge in [-0.25, -0.2) is 0 Å². The molecule has 5 rings (SSSR count). The summed E-state index contributed by atoms with van der Waals surface area (Å²) in [5.41, 5.74) is 4.20. The summed E-state index contributed by atoms with van der Waals surface area (Å²) in [6.45, 7) is 4.81. The Kier molecular flexibility index (Phi) is 5.69. The first-order chi connectivity index (χ1) is 15.3. The molecule has 0 unspecified atom stereocenters. The van der Waals surface area contributed by atoms with E-state index in [-0.39, 0.29) is 11.8 Å². The van der Waals surface area contributed by atoms with Gasteiger partial charge in [-0.3, -0.25) is 9.69 Å². The van der Waals surface area contributed by atoms with Crippen molar-refractivity contribution in [2.45, 2.75) is 19.0 Å². The Balaban J connectivity index is 1.35.